The van der Waals surface area contributed by atoms with Crippen molar-refractivity contribution in [3.8, 4) is 16.9 Å². The normalized spacial score (nSPS) is 10.4. The van der Waals surface area contributed by atoms with Gasteiger partial charge in [0.2, 0.25) is 0 Å². The van der Waals surface area contributed by atoms with Gasteiger partial charge in [-0.3, -0.25) is 0 Å². The van der Waals surface area contributed by atoms with Crippen molar-refractivity contribution in [1.29, 1.82) is 0 Å². The van der Waals surface area contributed by atoms with Gasteiger partial charge in [-0.05, 0) is 30.2 Å². The molecule has 0 atom stereocenters. The Morgan fingerprint density at radius 1 is 0.885 bits per heavy atom. The molecule has 1 heterocycles. The van der Waals surface area contributed by atoms with Crippen LogP contribution < -0.4 is 0 Å². The smallest absolute Gasteiger partial charge is 0.340 e. The predicted molar refractivity (Wildman–Crippen MR) is 98.6 cm³/mol. The Kier molecular flexibility index (Phi) is 4.89. The second-order valence-corrected chi connectivity index (χ2v) is 5.82. The number of hydrogen-bond acceptors (Lipinski definition) is 4. The van der Waals surface area contributed by atoms with Crippen molar-refractivity contribution in [2.75, 3.05) is 14.2 Å². The zero-order valence-corrected chi connectivity index (χ0v) is 14.9. The van der Waals surface area contributed by atoms with E-state index in [4.69, 9.17) is 9.47 Å². The summed E-state index contributed by atoms with van der Waals surface area (Å²) in [7, 11) is 2.58. The second kappa shape index (κ2) is 7.27. The van der Waals surface area contributed by atoms with Gasteiger partial charge in [-0.25, -0.2) is 9.59 Å². The molecule has 0 fully saturated rings. The number of esters is 2. The first-order chi connectivity index (χ1) is 12.6. The number of benzene rings is 2. The van der Waals surface area contributed by atoms with Crippen LogP contribution in [0.2, 0.25) is 0 Å². The topological polar surface area (TPSA) is 57.5 Å². The molecular weight excluding hydrogens is 330 g/mol. The summed E-state index contributed by atoms with van der Waals surface area (Å²) in [5.74, 6) is -1.18. The van der Waals surface area contributed by atoms with Crippen molar-refractivity contribution in [2.24, 2.45) is 0 Å². The summed E-state index contributed by atoms with van der Waals surface area (Å²) in [6, 6.07) is 17.2. The highest BCUT2D eigenvalue weighted by Gasteiger charge is 2.28. The Morgan fingerprint density at radius 2 is 1.58 bits per heavy atom. The van der Waals surface area contributed by atoms with Crippen molar-refractivity contribution in [3.63, 3.8) is 0 Å². The molecule has 5 nitrogen and oxygen atoms in total. The van der Waals surface area contributed by atoms with Gasteiger partial charge in [0.1, 0.15) is 5.56 Å². The van der Waals surface area contributed by atoms with Crippen LogP contribution in [-0.4, -0.2) is 30.7 Å². The standard InChI is InChI=1S/C21H19NO4/c1-14-8-7-11-16(12-14)22-13-17(20(23)25-2)18(21(24)26-3)19(22)15-9-5-4-6-10-15/h4-13H,1-3H3. The molecule has 2 aromatic carbocycles. The van der Waals surface area contributed by atoms with Gasteiger partial charge < -0.3 is 14.0 Å². The van der Waals surface area contributed by atoms with E-state index < -0.39 is 11.9 Å². The highest BCUT2D eigenvalue weighted by molar-refractivity contribution is 6.08. The van der Waals surface area contributed by atoms with Crippen LogP contribution in [0.1, 0.15) is 26.3 Å². The highest BCUT2D eigenvalue weighted by atomic mass is 16.5. The van der Waals surface area contributed by atoms with Gasteiger partial charge in [-0.15, -0.1) is 0 Å². The predicted octanol–water partition coefficient (Wildman–Crippen LogP) is 4.03. The first-order valence-electron chi connectivity index (χ1n) is 8.11. The lowest BCUT2D eigenvalue weighted by atomic mass is 10.0. The second-order valence-electron chi connectivity index (χ2n) is 5.82. The number of aromatic nitrogens is 1. The van der Waals surface area contributed by atoms with Crippen molar-refractivity contribution in [2.45, 2.75) is 6.92 Å². The van der Waals surface area contributed by atoms with E-state index >= 15 is 0 Å². The first-order valence-corrected chi connectivity index (χ1v) is 8.11. The Morgan fingerprint density at radius 3 is 2.19 bits per heavy atom. The minimum Gasteiger partial charge on any atom is -0.465 e. The van der Waals surface area contributed by atoms with E-state index in [1.807, 2.05) is 66.1 Å². The summed E-state index contributed by atoms with van der Waals surface area (Å²) in [4.78, 5) is 24.8. The fourth-order valence-electron chi connectivity index (χ4n) is 2.94. The SMILES string of the molecule is COC(=O)c1cn(-c2cccc(C)c2)c(-c2ccccc2)c1C(=O)OC. The summed E-state index contributed by atoms with van der Waals surface area (Å²) in [5, 5.41) is 0. The zero-order valence-electron chi connectivity index (χ0n) is 14.9. The molecule has 3 rings (SSSR count). The minimum absolute atomic E-state index is 0.166. The molecule has 132 valence electrons. The fourth-order valence-corrected chi connectivity index (χ4v) is 2.94. The number of rotatable bonds is 4. The molecule has 0 amide bonds. The van der Waals surface area contributed by atoms with Crippen molar-refractivity contribution in [1.82, 2.24) is 4.57 Å². The molecule has 0 aliphatic rings. The summed E-state index contributed by atoms with van der Waals surface area (Å²) >= 11 is 0. The van der Waals surface area contributed by atoms with E-state index in [2.05, 4.69) is 0 Å². The molecule has 0 unspecified atom stereocenters. The largest absolute Gasteiger partial charge is 0.465 e. The van der Waals surface area contributed by atoms with Crippen LogP contribution in [0.15, 0.2) is 60.8 Å². The molecule has 0 saturated heterocycles. The lowest BCUT2D eigenvalue weighted by molar-refractivity contribution is 0.0557. The van der Waals surface area contributed by atoms with Crippen molar-refractivity contribution < 1.29 is 19.1 Å². The van der Waals surface area contributed by atoms with Crippen LogP contribution in [-0.2, 0) is 9.47 Å². The number of nitrogens with zero attached hydrogens (tertiary/aromatic N) is 1. The summed E-state index contributed by atoms with van der Waals surface area (Å²) in [6.07, 6.45) is 1.62. The molecule has 0 bridgehead atoms. The number of ether oxygens (including phenoxy) is 2. The average Bonchev–Trinajstić information content (AvgIpc) is 3.08. The van der Waals surface area contributed by atoms with E-state index in [0.717, 1.165) is 16.8 Å². The van der Waals surface area contributed by atoms with Crippen LogP contribution in [0.4, 0.5) is 0 Å². The number of carbonyl (C=O) groups is 2. The molecule has 3 aromatic rings. The van der Waals surface area contributed by atoms with Gasteiger partial charge >= 0.3 is 11.9 Å². The van der Waals surface area contributed by atoms with Gasteiger partial charge in [0.05, 0.1) is 25.5 Å². The van der Waals surface area contributed by atoms with Crippen molar-refractivity contribution >= 4 is 11.9 Å². The van der Waals surface area contributed by atoms with E-state index in [0.29, 0.717) is 5.69 Å². The molecule has 0 saturated carbocycles. The van der Waals surface area contributed by atoms with Crippen LogP contribution in [0, 0.1) is 6.92 Å². The number of methoxy groups -OCH3 is 2. The summed E-state index contributed by atoms with van der Waals surface area (Å²) < 4.78 is 11.6. The van der Waals surface area contributed by atoms with Gasteiger partial charge in [-0.2, -0.15) is 0 Å². The molecule has 0 radical (unpaired) electrons. The maximum Gasteiger partial charge on any atom is 0.340 e. The third-order valence-electron chi connectivity index (χ3n) is 4.13. The van der Waals surface area contributed by atoms with Crippen LogP contribution >= 0.6 is 0 Å². The maximum absolute atomic E-state index is 12.5. The van der Waals surface area contributed by atoms with E-state index in [9.17, 15) is 9.59 Å². The molecule has 0 aliphatic carbocycles. The number of hydrogen-bond donors (Lipinski definition) is 0. The molecule has 1 aromatic heterocycles. The van der Waals surface area contributed by atoms with Crippen LogP contribution in [0.25, 0.3) is 16.9 Å². The Balaban J connectivity index is 2.38. The summed E-state index contributed by atoms with van der Waals surface area (Å²) in [6.45, 7) is 1.98. The molecule has 0 N–H and O–H groups in total. The Labute approximate surface area is 151 Å². The first kappa shape index (κ1) is 17.5. The maximum atomic E-state index is 12.5. The average molecular weight is 349 g/mol. The summed E-state index contributed by atoms with van der Waals surface area (Å²) in [5.41, 5.74) is 3.64. The molecule has 5 heteroatoms. The molecule has 0 spiro atoms. The third-order valence-corrected chi connectivity index (χ3v) is 4.13. The van der Waals surface area contributed by atoms with E-state index in [1.54, 1.807) is 6.20 Å². The van der Waals surface area contributed by atoms with Gasteiger partial charge in [-0.1, -0.05) is 42.5 Å². The van der Waals surface area contributed by atoms with Gasteiger partial charge in [0, 0.05) is 11.9 Å². The highest BCUT2D eigenvalue weighted by Crippen LogP contribution is 2.32. The third kappa shape index (κ3) is 3.11. The minimum atomic E-state index is -0.589. The molecule has 0 aliphatic heterocycles. The fraction of sp³-hybridized carbons (Fsp3) is 0.143. The molecule has 26 heavy (non-hydrogen) atoms. The van der Waals surface area contributed by atoms with E-state index in [-0.39, 0.29) is 11.1 Å². The molecular formula is C21H19NO4. The Bertz CT molecular complexity index is 957. The van der Waals surface area contributed by atoms with E-state index in [1.165, 1.54) is 14.2 Å². The van der Waals surface area contributed by atoms with Crippen LogP contribution in [0.5, 0.6) is 0 Å². The lowest BCUT2D eigenvalue weighted by Crippen LogP contribution is -2.10. The van der Waals surface area contributed by atoms with Gasteiger partial charge in [0.25, 0.3) is 0 Å². The van der Waals surface area contributed by atoms with Crippen molar-refractivity contribution in [3.05, 3.63) is 77.5 Å². The zero-order chi connectivity index (χ0) is 18.7. The number of carbonyl (C=O) groups excluding carboxylic acids is 2. The van der Waals surface area contributed by atoms with Gasteiger partial charge in [0.15, 0.2) is 0 Å². The number of aryl methyl sites for hydroxylation is 1. The Hall–Kier alpha value is -3.34. The lowest BCUT2D eigenvalue weighted by Gasteiger charge is -2.12. The van der Waals surface area contributed by atoms with Crippen LogP contribution in [0.3, 0.4) is 0 Å². The quantitative estimate of drug-likeness (QED) is 0.668. The monoisotopic (exact) mass is 349 g/mol.